The minimum Gasteiger partial charge on any atom is -0.445 e. The van der Waals surface area contributed by atoms with Crippen molar-refractivity contribution in [3.63, 3.8) is 0 Å². The van der Waals surface area contributed by atoms with Gasteiger partial charge in [0.1, 0.15) is 0 Å². The molecular formula is C9H6BF6-. The zero-order chi connectivity index (χ0) is 12.2. The predicted octanol–water partition coefficient (Wildman–Crippen LogP) is 2.94. The largest absolute Gasteiger partial charge is 0.509 e. The van der Waals surface area contributed by atoms with Crippen LogP contribution in [0.3, 0.4) is 0 Å². The van der Waals surface area contributed by atoms with Crippen molar-refractivity contribution in [2.45, 2.75) is 18.0 Å². The monoisotopic (exact) mass is 239 g/mol. The van der Waals surface area contributed by atoms with E-state index in [4.69, 9.17) is 0 Å². The van der Waals surface area contributed by atoms with Gasteiger partial charge < -0.3 is 12.9 Å². The molecule has 1 fully saturated rings. The lowest BCUT2D eigenvalue weighted by atomic mass is 9.79. The van der Waals surface area contributed by atoms with E-state index in [0.29, 0.717) is 12.1 Å². The van der Waals surface area contributed by atoms with Crippen LogP contribution in [-0.4, -0.2) is 12.9 Å². The van der Waals surface area contributed by atoms with Crippen molar-refractivity contribution in [3.8, 4) is 0 Å². The van der Waals surface area contributed by atoms with Gasteiger partial charge in [0, 0.05) is 0 Å². The van der Waals surface area contributed by atoms with Gasteiger partial charge in [-0.2, -0.15) is 0 Å². The molecule has 1 aliphatic rings. The number of alkyl halides is 3. The van der Waals surface area contributed by atoms with Crippen LogP contribution in [0.2, 0.25) is 0 Å². The van der Waals surface area contributed by atoms with E-state index < -0.39 is 36.0 Å². The first kappa shape index (κ1) is 11.4. The first-order valence-corrected chi connectivity index (χ1v) is 4.54. The average molecular weight is 239 g/mol. The number of halogens is 6. The molecular weight excluding hydrogens is 233 g/mol. The van der Waals surface area contributed by atoms with Gasteiger partial charge in [0.2, 0.25) is 5.67 Å². The molecule has 0 bridgehead atoms. The molecule has 0 spiro atoms. The molecule has 1 saturated carbocycles. The third-order valence-electron chi connectivity index (χ3n) is 2.67. The summed E-state index contributed by atoms with van der Waals surface area (Å²) in [4.78, 5) is 0. The van der Waals surface area contributed by atoms with Crippen molar-refractivity contribution in [1.82, 2.24) is 0 Å². The summed E-state index contributed by atoms with van der Waals surface area (Å²) in [5.41, 5.74) is -4.11. The zero-order valence-corrected chi connectivity index (χ0v) is 7.86. The molecule has 1 aromatic carbocycles. The van der Waals surface area contributed by atoms with Crippen LogP contribution in [0.15, 0.2) is 24.3 Å². The molecule has 0 heterocycles. The van der Waals surface area contributed by atoms with E-state index in [2.05, 4.69) is 0 Å². The average Bonchev–Trinajstić information content (AvgIpc) is 2.66. The normalized spacial score (nSPS) is 27.9. The van der Waals surface area contributed by atoms with Gasteiger partial charge in [0.15, 0.2) is 0 Å². The van der Waals surface area contributed by atoms with Gasteiger partial charge in [-0.25, -0.2) is 13.2 Å². The highest BCUT2D eigenvalue weighted by Crippen LogP contribution is 2.62. The van der Waals surface area contributed by atoms with Gasteiger partial charge >= 0.3 is 6.98 Å². The van der Waals surface area contributed by atoms with Crippen molar-refractivity contribution in [2.24, 2.45) is 0 Å². The third-order valence-corrected chi connectivity index (χ3v) is 2.67. The van der Waals surface area contributed by atoms with E-state index in [0.717, 1.165) is 12.1 Å². The number of benzene rings is 1. The van der Waals surface area contributed by atoms with E-state index >= 15 is 0 Å². The standard InChI is InChI=1S/C9H6BF6/c11-8(5-9(8,12)13)6-1-3-7(4-2-6)10(14,15)16/h1-4H,5H2/q-1. The molecule has 0 aliphatic heterocycles. The second-order valence-corrected chi connectivity index (χ2v) is 3.88. The maximum absolute atomic E-state index is 13.4. The maximum atomic E-state index is 13.4. The Balaban J connectivity index is 2.28. The predicted molar refractivity (Wildman–Crippen MR) is 47.5 cm³/mol. The number of hydrogen-bond acceptors (Lipinski definition) is 0. The van der Waals surface area contributed by atoms with Gasteiger partial charge in [-0.05, 0) is 5.56 Å². The molecule has 0 N–H and O–H groups in total. The summed E-state index contributed by atoms with van der Waals surface area (Å²) in [5, 5.41) is 0. The zero-order valence-electron chi connectivity index (χ0n) is 7.86. The molecule has 16 heavy (non-hydrogen) atoms. The van der Waals surface area contributed by atoms with Crippen LogP contribution >= 0.6 is 0 Å². The van der Waals surface area contributed by atoms with Crippen molar-refractivity contribution >= 4 is 12.4 Å². The second kappa shape index (κ2) is 2.96. The minimum absolute atomic E-state index is 0.402. The Hall–Kier alpha value is -1.14. The molecule has 1 atom stereocenters. The first-order valence-electron chi connectivity index (χ1n) is 4.54. The molecule has 0 aromatic heterocycles. The van der Waals surface area contributed by atoms with Crippen LogP contribution in [0.25, 0.3) is 0 Å². The fraction of sp³-hybridized carbons (Fsp3) is 0.333. The Kier molecular flexibility index (Phi) is 2.10. The lowest BCUT2D eigenvalue weighted by Crippen LogP contribution is -2.33. The van der Waals surface area contributed by atoms with Crippen LogP contribution < -0.4 is 5.46 Å². The lowest BCUT2D eigenvalue weighted by molar-refractivity contribution is 0.0421. The first-order chi connectivity index (χ1) is 7.17. The van der Waals surface area contributed by atoms with Gasteiger partial charge in [-0.15, -0.1) is 5.46 Å². The van der Waals surface area contributed by atoms with E-state index in [1.807, 2.05) is 0 Å². The molecule has 1 unspecified atom stereocenters. The lowest BCUT2D eigenvalue weighted by Gasteiger charge is -2.15. The molecule has 0 nitrogen and oxygen atoms in total. The van der Waals surface area contributed by atoms with Crippen LogP contribution in [0.1, 0.15) is 12.0 Å². The van der Waals surface area contributed by atoms with Crippen molar-refractivity contribution in [2.75, 3.05) is 0 Å². The summed E-state index contributed by atoms with van der Waals surface area (Å²) in [7, 11) is 0. The second-order valence-electron chi connectivity index (χ2n) is 3.88. The highest BCUT2D eigenvalue weighted by molar-refractivity contribution is 6.73. The molecule has 2 rings (SSSR count). The van der Waals surface area contributed by atoms with E-state index in [1.54, 1.807) is 0 Å². The summed E-state index contributed by atoms with van der Waals surface area (Å²) >= 11 is 0. The number of rotatable bonds is 2. The minimum atomic E-state index is -5.17. The van der Waals surface area contributed by atoms with Gasteiger partial charge in [0.25, 0.3) is 5.92 Å². The van der Waals surface area contributed by atoms with Gasteiger partial charge in [-0.3, -0.25) is 0 Å². The molecule has 0 amide bonds. The van der Waals surface area contributed by atoms with Crippen molar-refractivity contribution in [3.05, 3.63) is 29.8 Å². The molecule has 0 radical (unpaired) electrons. The summed E-state index contributed by atoms with van der Waals surface area (Å²) < 4.78 is 75.2. The van der Waals surface area contributed by atoms with Gasteiger partial charge in [-0.1, -0.05) is 24.3 Å². The fourth-order valence-corrected chi connectivity index (χ4v) is 1.54. The van der Waals surface area contributed by atoms with E-state index in [-0.39, 0.29) is 0 Å². The topological polar surface area (TPSA) is 0 Å². The van der Waals surface area contributed by atoms with Crippen LogP contribution in [-0.2, 0) is 5.67 Å². The Morgan fingerprint density at radius 1 is 0.938 bits per heavy atom. The highest BCUT2D eigenvalue weighted by atomic mass is 19.4. The quantitative estimate of drug-likeness (QED) is 0.549. The summed E-state index contributed by atoms with van der Waals surface area (Å²) in [6.45, 7) is -5.17. The molecule has 88 valence electrons. The maximum Gasteiger partial charge on any atom is 0.509 e. The number of hydrogen-bond donors (Lipinski definition) is 0. The van der Waals surface area contributed by atoms with Crippen LogP contribution in [0, 0.1) is 0 Å². The van der Waals surface area contributed by atoms with Crippen LogP contribution in [0.5, 0.6) is 0 Å². The summed E-state index contributed by atoms with van der Waals surface area (Å²) in [6, 6.07) is 2.80. The molecule has 1 aromatic rings. The molecule has 1 aliphatic carbocycles. The summed E-state index contributed by atoms with van der Waals surface area (Å²) in [5.74, 6) is -3.46. The Bertz CT molecular complexity index is 409. The fourth-order valence-electron chi connectivity index (χ4n) is 1.54. The Morgan fingerprint density at radius 2 is 1.38 bits per heavy atom. The van der Waals surface area contributed by atoms with Crippen molar-refractivity contribution < 1.29 is 26.1 Å². The third kappa shape index (κ3) is 1.58. The Morgan fingerprint density at radius 3 is 1.69 bits per heavy atom. The van der Waals surface area contributed by atoms with Crippen molar-refractivity contribution in [1.29, 1.82) is 0 Å². The smallest absolute Gasteiger partial charge is 0.445 e. The highest BCUT2D eigenvalue weighted by Gasteiger charge is 2.74. The van der Waals surface area contributed by atoms with E-state index in [1.165, 1.54) is 0 Å². The SMILES string of the molecule is F[B-](F)(F)c1ccc(C2(F)CC2(F)F)cc1. The molecule has 7 heteroatoms. The van der Waals surface area contributed by atoms with E-state index in [9.17, 15) is 26.1 Å². The Labute approximate surface area is 87.3 Å². The van der Waals surface area contributed by atoms with Crippen LogP contribution in [0.4, 0.5) is 26.1 Å². The summed E-state index contributed by atoms with van der Waals surface area (Å²) in [6.07, 6.45) is -0.962. The molecule has 0 saturated heterocycles. The van der Waals surface area contributed by atoms with Gasteiger partial charge in [0.05, 0.1) is 6.42 Å².